The van der Waals surface area contributed by atoms with E-state index in [1.807, 2.05) is 78.9 Å². The van der Waals surface area contributed by atoms with Gasteiger partial charge in [-0.05, 0) is 47.5 Å². The lowest BCUT2D eigenvalue weighted by Gasteiger charge is -2.14. The Hall–Kier alpha value is -2.05. The Kier molecular flexibility index (Phi) is 6.40. The van der Waals surface area contributed by atoms with Crippen LogP contribution < -0.4 is 0 Å². The topological polar surface area (TPSA) is 20.3 Å². The fraction of sp³-hybridized carbons (Fsp3) is 0.0435. The maximum absolute atomic E-state index is 13.0. The van der Waals surface area contributed by atoms with Crippen LogP contribution in [-0.4, -0.2) is 15.1 Å². The molecule has 144 valence electrons. The highest BCUT2D eigenvalue weighted by atomic mass is 35.5. The first-order valence-corrected chi connectivity index (χ1v) is 11.3. The Labute approximate surface area is 189 Å². The minimum absolute atomic E-state index is 0.0462. The quantitative estimate of drug-likeness (QED) is 0.309. The molecule has 0 spiro atoms. The Morgan fingerprint density at radius 3 is 2.41 bits per heavy atom. The predicted octanol–water partition coefficient (Wildman–Crippen LogP) is 6.89. The van der Waals surface area contributed by atoms with Gasteiger partial charge in [0.15, 0.2) is 0 Å². The third kappa shape index (κ3) is 4.93. The van der Waals surface area contributed by atoms with Gasteiger partial charge < -0.3 is 0 Å². The molecule has 3 aromatic carbocycles. The van der Waals surface area contributed by atoms with E-state index in [0.717, 1.165) is 20.9 Å². The highest BCUT2D eigenvalue weighted by Crippen LogP contribution is 2.37. The number of hydrogen-bond donors (Lipinski definition) is 0. The lowest BCUT2D eigenvalue weighted by Crippen LogP contribution is -2.27. The third-order valence-electron chi connectivity index (χ3n) is 4.30. The van der Waals surface area contributed by atoms with Crippen molar-refractivity contribution >= 4 is 63.6 Å². The predicted molar refractivity (Wildman–Crippen MR) is 127 cm³/mol. The van der Waals surface area contributed by atoms with Crippen LogP contribution in [0.15, 0.2) is 93.6 Å². The molecule has 1 aliphatic rings. The molecule has 0 atom stereocenters. The first-order chi connectivity index (χ1) is 14.1. The Morgan fingerprint density at radius 2 is 1.66 bits per heavy atom. The lowest BCUT2D eigenvalue weighted by molar-refractivity contribution is -0.122. The zero-order valence-corrected chi connectivity index (χ0v) is 18.5. The van der Waals surface area contributed by atoms with Gasteiger partial charge in [-0.3, -0.25) is 9.69 Å². The van der Waals surface area contributed by atoms with Gasteiger partial charge in [0.1, 0.15) is 4.32 Å². The number of thioether (sulfide) groups is 1. The summed E-state index contributed by atoms with van der Waals surface area (Å²) < 4.78 is 0.591. The highest BCUT2D eigenvalue weighted by molar-refractivity contribution is 8.26. The van der Waals surface area contributed by atoms with Crippen LogP contribution in [0, 0.1) is 0 Å². The van der Waals surface area contributed by atoms with E-state index >= 15 is 0 Å². The summed E-state index contributed by atoms with van der Waals surface area (Å²) in [7, 11) is 0. The zero-order valence-electron chi connectivity index (χ0n) is 15.2. The van der Waals surface area contributed by atoms with Crippen LogP contribution in [0.25, 0.3) is 6.08 Å². The van der Waals surface area contributed by atoms with Crippen LogP contribution in [-0.2, 0) is 11.3 Å². The van der Waals surface area contributed by atoms with Gasteiger partial charge in [-0.2, -0.15) is 0 Å². The van der Waals surface area contributed by atoms with Crippen molar-refractivity contribution in [2.75, 3.05) is 0 Å². The SMILES string of the molecule is O=C1/C(=C\c2ccccc2Sc2ccc(Cl)cc2)SC(=S)N1Cc1ccccc1. The molecule has 0 aliphatic carbocycles. The van der Waals surface area contributed by atoms with Crippen molar-refractivity contribution < 1.29 is 4.79 Å². The summed E-state index contributed by atoms with van der Waals surface area (Å²) in [6, 6.07) is 25.7. The van der Waals surface area contributed by atoms with Gasteiger partial charge in [-0.25, -0.2) is 0 Å². The normalized spacial score (nSPS) is 15.3. The zero-order chi connectivity index (χ0) is 20.2. The van der Waals surface area contributed by atoms with Crippen molar-refractivity contribution in [3.8, 4) is 0 Å². The molecule has 0 saturated carbocycles. The Morgan fingerprint density at radius 1 is 0.966 bits per heavy atom. The van der Waals surface area contributed by atoms with Gasteiger partial charge in [0.25, 0.3) is 5.91 Å². The smallest absolute Gasteiger partial charge is 0.266 e. The monoisotopic (exact) mass is 453 g/mol. The van der Waals surface area contributed by atoms with Crippen LogP contribution in [0.3, 0.4) is 0 Å². The van der Waals surface area contributed by atoms with E-state index in [1.54, 1.807) is 16.7 Å². The highest BCUT2D eigenvalue weighted by Gasteiger charge is 2.32. The third-order valence-corrected chi connectivity index (χ3v) is 7.03. The largest absolute Gasteiger partial charge is 0.288 e. The summed E-state index contributed by atoms with van der Waals surface area (Å²) in [5, 5.41) is 0.713. The molecule has 0 radical (unpaired) electrons. The number of carbonyl (C=O) groups excluding carboxylic acids is 1. The average molecular weight is 454 g/mol. The molecule has 0 bridgehead atoms. The molecule has 1 heterocycles. The molecule has 6 heteroatoms. The van der Waals surface area contributed by atoms with E-state index in [2.05, 4.69) is 6.07 Å². The summed E-state index contributed by atoms with van der Waals surface area (Å²) in [4.78, 5) is 17.4. The summed E-state index contributed by atoms with van der Waals surface area (Å²) in [5.41, 5.74) is 2.05. The van der Waals surface area contributed by atoms with Crippen LogP contribution in [0.4, 0.5) is 0 Å². The number of amides is 1. The van der Waals surface area contributed by atoms with E-state index < -0.39 is 0 Å². The van der Waals surface area contributed by atoms with Crippen molar-refractivity contribution in [3.63, 3.8) is 0 Å². The van der Waals surface area contributed by atoms with Crippen LogP contribution in [0.1, 0.15) is 11.1 Å². The standard InChI is InChI=1S/C23H16ClNOS3/c24-18-10-12-19(13-11-18)28-20-9-5-4-8-17(20)14-21-22(26)25(23(27)29-21)15-16-6-2-1-3-7-16/h1-14H,15H2/b21-14+. The molecule has 1 saturated heterocycles. The first kappa shape index (κ1) is 20.2. The van der Waals surface area contributed by atoms with Crippen molar-refractivity contribution in [1.29, 1.82) is 0 Å². The summed E-state index contributed by atoms with van der Waals surface area (Å²) in [6.45, 7) is 0.490. The molecule has 0 N–H and O–H groups in total. The Bertz CT molecular complexity index is 1080. The van der Waals surface area contributed by atoms with Gasteiger partial charge in [-0.15, -0.1) is 0 Å². The number of benzene rings is 3. The molecule has 0 unspecified atom stereocenters. The molecule has 1 amide bonds. The average Bonchev–Trinajstić information content (AvgIpc) is 2.99. The van der Waals surface area contributed by atoms with E-state index in [4.69, 9.17) is 23.8 Å². The lowest BCUT2D eigenvalue weighted by atomic mass is 10.2. The number of carbonyl (C=O) groups is 1. The van der Waals surface area contributed by atoms with Gasteiger partial charge in [0.2, 0.25) is 0 Å². The molecule has 2 nitrogen and oxygen atoms in total. The van der Waals surface area contributed by atoms with Gasteiger partial charge in [-0.1, -0.05) is 95.9 Å². The number of nitrogens with zero attached hydrogens (tertiary/aromatic N) is 1. The van der Waals surface area contributed by atoms with Crippen LogP contribution >= 0.6 is 47.3 Å². The van der Waals surface area contributed by atoms with Crippen LogP contribution in [0.2, 0.25) is 5.02 Å². The maximum atomic E-state index is 13.0. The minimum Gasteiger partial charge on any atom is -0.288 e. The summed E-state index contributed by atoms with van der Waals surface area (Å²) in [5.74, 6) is -0.0462. The second kappa shape index (κ2) is 9.18. The van der Waals surface area contributed by atoms with Crippen molar-refractivity contribution in [1.82, 2.24) is 4.90 Å². The fourth-order valence-corrected chi connectivity index (χ4v) is 5.16. The number of hydrogen-bond acceptors (Lipinski definition) is 4. The minimum atomic E-state index is -0.0462. The maximum Gasteiger partial charge on any atom is 0.266 e. The second-order valence-corrected chi connectivity index (χ2v) is 9.57. The molecule has 1 fully saturated rings. The molecular weight excluding hydrogens is 438 g/mol. The van der Waals surface area contributed by atoms with E-state index in [-0.39, 0.29) is 5.91 Å². The summed E-state index contributed by atoms with van der Waals surface area (Å²) in [6.07, 6.45) is 1.93. The number of halogens is 1. The van der Waals surface area contributed by atoms with E-state index in [9.17, 15) is 4.79 Å². The van der Waals surface area contributed by atoms with Gasteiger partial charge in [0, 0.05) is 14.8 Å². The molecule has 0 aromatic heterocycles. The summed E-state index contributed by atoms with van der Waals surface area (Å²) >= 11 is 14.5. The molecular formula is C23H16ClNOS3. The molecule has 3 aromatic rings. The van der Waals surface area contributed by atoms with E-state index in [1.165, 1.54) is 11.8 Å². The van der Waals surface area contributed by atoms with Gasteiger partial charge >= 0.3 is 0 Å². The van der Waals surface area contributed by atoms with Gasteiger partial charge in [0.05, 0.1) is 11.4 Å². The second-order valence-electron chi connectivity index (χ2n) is 6.35. The fourth-order valence-electron chi connectivity index (χ4n) is 2.87. The molecule has 1 aliphatic heterocycles. The van der Waals surface area contributed by atoms with Crippen LogP contribution in [0.5, 0.6) is 0 Å². The number of rotatable bonds is 5. The molecule has 4 rings (SSSR count). The first-order valence-electron chi connectivity index (χ1n) is 8.92. The van der Waals surface area contributed by atoms with E-state index in [0.29, 0.717) is 20.8 Å². The van der Waals surface area contributed by atoms with Crippen molar-refractivity contribution in [2.45, 2.75) is 16.3 Å². The van der Waals surface area contributed by atoms with Crippen molar-refractivity contribution in [3.05, 3.63) is 99.9 Å². The Balaban J connectivity index is 1.57. The number of thiocarbonyl (C=S) groups is 1. The molecule has 29 heavy (non-hydrogen) atoms. The van der Waals surface area contributed by atoms with Crippen molar-refractivity contribution in [2.24, 2.45) is 0 Å².